The van der Waals surface area contributed by atoms with Gasteiger partial charge in [-0.3, -0.25) is 4.90 Å². The molecule has 0 aliphatic heterocycles. The fourth-order valence-electron chi connectivity index (χ4n) is 3.59. The van der Waals surface area contributed by atoms with Gasteiger partial charge in [0.2, 0.25) is 0 Å². The van der Waals surface area contributed by atoms with Crippen LogP contribution in [0.25, 0.3) is 0 Å². The predicted molar refractivity (Wildman–Crippen MR) is 110 cm³/mol. The zero-order chi connectivity index (χ0) is 20.1. The number of rotatable bonds is 8. The Bertz CT molecular complexity index is 914. The van der Waals surface area contributed by atoms with Crippen molar-refractivity contribution in [1.82, 2.24) is 9.47 Å². The molecular weight excluding hydrogens is 354 g/mol. The van der Waals surface area contributed by atoms with Gasteiger partial charge in [0.1, 0.15) is 11.6 Å². The van der Waals surface area contributed by atoms with Crippen LogP contribution < -0.4 is 0 Å². The summed E-state index contributed by atoms with van der Waals surface area (Å²) in [5, 5.41) is 0. The number of benzene rings is 2. The highest BCUT2D eigenvalue weighted by Gasteiger charge is 2.14. The van der Waals surface area contributed by atoms with Crippen LogP contribution in [0, 0.1) is 24.5 Å². The molecule has 28 heavy (non-hydrogen) atoms. The SMILES string of the molecule is Cc1cccc(Cn2cccc2CN(Cc2cc(F)ccc2F)CC(C)C)c1. The van der Waals surface area contributed by atoms with Crippen molar-refractivity contribution in [1.29, 1.82) is 0 Å². The number of halogens is 2. The van der Waals surface area contributed by atoms with E-state index in [-0.39, 0.29) is 5.82 Å². The Balaban J connectivity index is 1.78. The highest BCUT2D eigenvalue weighted by Crippen LogP contribution is 2.17. The Morgan fingerprint density at radius 3 is 2.54 bits per heavy atom. The van der Waals surface area contributed by atoms with Gasteiger partial charge >= 0.3 is 0 Å². The highest BCUT2D eigenvalue weighted by atomic mass is 19.1. The molecule has 3 rings (SSSR count). The Hall–Kier alpha value is -2.46. The first-order valence-corrected chi connectivity index (χ1v) is 9.76. The minimum Gasteiger partial charge on any atom is -0.346 e. The largest absolute Gasteiger partial charge is 0.346 e. The number of hydrogen-bond donors (Lipinski definition) is 0. The van der Waals surface area contributed by atoms with E-state index in [1.807, 2.05) is 6.07 Å². The number of nitrogens with zero attached hydrogens (tertiary/aromatic N) is 2. The van der Waals surface area contributed by atoms with E-state index in [1.54, 1.807) is 0 Å². The molecule has 0 saturated heterocycles. The fraction of sp³-hybridized carbons (Fsp3) is 0.333. The summed E-state index contributed by atoms with van der Waals surface area (Å²) in [6.45, 7) is 9.06. The van der Waals surface area contributed by atoms with Crippen LogP contribution in [0.1, 0.15) is 36.2 Å². The molecule has 0 spiro atoms. The molecule has 2 aromatic carbocycles. The van der Waals surface area contributed by atoms with E-state index in [1.165, 1.54) is 35.0 Å². The summed E-state index contributed by atoms with van der Waals surface area (Å²) in [6, 6.07) is 16.3. The maximum Gasteiger partial charge on any atom is 0.127 e. The van der Waals surface area contributed by atoms with Gasteiger partial charge in [-0.15, -0.1) is 0 Å². The topological polar surface area (TPSA) is 8.17 Å². The van der Waals surface area contributed by atoms with E-state index in [2.05, 4.69) is 66.8 Å². The Morgan fingerprint density at radius 2 is 1.79 bits per heavy atom. The van der Waals surface area contributed by atoms with Crippen LogP contribution >= 0.6 is 0 Å². The second kappa shape index (κ2) is 9.16. The minimum atomic E-state index is -0.399. The summed E-state index contributed by atoms with van der Waals surface area (Å²) >= 11 is 0. The molecule has 0 N–H and O–H groups in total. The Labute approximate surface area is 166 Å². The highest BCUT2D eigenvalue weighted by molar-refractivity contribution is 5.24. The van der Waals surface area contributed by atoms with Crippen molar-refractivity contribution in [3.05, 3.63) is 94.8 Å². The van der Waals surface area contributed by atoms with Gasteiger partial charge in [-0.05, 0) is 48.7 Å². The van der Waals surface area contributed by atoms with E-state index in [9.17, 15) is 8.78 Å². The lowest BCUT2D eigenvalue weighted by molar-refractivity contribution is 0.219. The average Bonchev–Trinajstić information content (AvgIpc) is 3.04. The monoisotopic (exact) mass is 382 g/mol. The lowest BCUT2D eigenvalue weighted by Gasteiger charge is -2.25. The molecule has 0 aliphatic rings. The molecule has 0 atom stereocenters. The molecule has 0 unspecified atom stereocenters. The fourth-order valence-corrected chi connectivity index (χ4v) is 3.59. The molecule has 148 valence electrons. The third kappa shape index (κ3) is 5.52. The summed E-state index contributed by atoms with van der Waals surface area (Å²) in [7, 11) is 0. The van der Waals surface area contributed by atoms with Gasteiger partial charge in [0.15, 0.2) is 0 Å². The van der Waals surface area contributed by atoms with Crippen molar-refractivity contribution in [2.45, 2.75) is 40.4 Å². The molecule has 0 amide bonds. The minimum absolute atomic E-state index is 0.356. The second-order valence-corrected chi connectivity index (χ2v) is 7.92. The Kier molecular flexibility index (Phi) is 6.63. The van der Waals surface area contributed by atoms with E-state index < -0.39 is 5.82 Å². The zero-order valence-corrected chi connectivity index (χ0v) is 16.8. The normalized spacial score (nSPS) is 11.5. The average molecular weight is 382 g/mol. The van der Waals surface area contributed by atoms with Gasteiger partial charge in [0.25, 0.3) is 0 Å². The van der Waals surface area contributed by atoms with Gasteiger partial charge in [0.05, 0.1) is 0 Å². The maximum absolute atomic E-state index is 14.2. The quantitative estimate of drug-likeness (QED) is 0.479. The summed E-state index contributed by atoms with van der Waals surface area (Å²) in [5.41, 5.74) is 4.06. The maximum atomic E-state index is 14.2. The molecule has 4 heteroatoms. The lowest BCUT2D eigenvalue weighted by atomic mass is 10.1. The van der Waals surface area contributed by atoms with E-state index in [0.29, 0.717) is 24.6 Å². The number of aromatic nitrogens is 1. The van der Waals surface area contributed by atoms with Crippen LogP contribution in [0.5, 0.6) is 0 Å². The first kappa shape index (κ1) is 20.3. The molecule has 1 heterocycles. The molecule has 2 nitrogen and oxygen atoms in total. The summed E-state index contributed by atoms with van der Waals surface area (Å²) in [4.78, 5) is 2.19. The van der Waals surface area contributed by atoms with Crippen molar-refractivity contribution in [2.24, 2.45) is 5.92 Å². The smallest absolute Gasteiger partial charge is 0.127 e. The molecule has 0 aliphatic carbocycles. The standard InChI is InChI=1S/C24H28F2N2/c1-18(2)14-27(16-21-13-22(25)9-10-24(21)26)17-23-8-5-11-28(23)15-20-7-4-6-19(3)12-20/h4-13,18H,14-17H2,1-3H3. The van der Waals surface area contributed by atoms with Gasteiger partial charge in [-0.1, -0.05) is 43.7 Å². The van der Waals surface area contributed by atoms with Gasteiger partial charge < -0.3 is 4.57 Å². The van der Waals surface area contributed by atoms with Crippen molar-refractivity contribution < 1.29 is 8.78 Å². The molecule has 0 radical (unpaired) electrons. The Morgan fingerprint density at radius 1 is 0.964 bits per heavy atom. The first-order valence-electron chi connectivity index (χ1n) is 9.76. The predicted octanol–water partition coefficient (Wildman–Crippen LogP) is 5.78. The third-order valence-electron chi connectivity index (χ3n) is 4.77. The van der Waals surface area contributed by atoms with Gasteiger partial charge in [-0.2, -0.15) is 0 Å². The molecule has 3 aromatic rings. The molecular formula is C24H28F2N2. The second-order valence-electron chi connectivity index (χ2n) is 7.92. The number of aryl methyl sites for hydroxylation is 1. The zero-order valence-electron chi connectivity index (χ0n) is 16.8. The van der Waals surface area contributed by atoms with Crippen LogP contribution in [0.4, 0.5) is 8.78 Å². The van der Waals surface area contributed by atoms with Gasteiger partial charge in [0, 0.05) is 43.6 Å². The van der Waals surface area contributed by atoms with Crippen LogP contribution in [-0.4, -0.2) is 16.0 Å². The molecule has 1 aromatic heterocycles. The van der Waals surface area contributed by atoms with E-state index in [0.717, 1.165) is 13.1 Å². The van der Waals surface area contributed by atoms with Crippen molar-refractivity contribution in [3.8, 4) is 0 Å². The van der Waals surface area contributed by atoms with Crippen molar-refractivity contribution in [3.63, 3.8) is 0 Å². The summed E-state index contributed by atoms with van der Waals surface area (Å²) in [5.74, 6) is -0.328. The van der Waals surface area contributed by atoms with Crippen LogP contribution in [0.3, 0.4) is 0 Å². The van der Waals surface area contributed by atoms with Crippen molar-refractivity contribution >= 4 is 0 Å². The van der Waals surface area contributed by atoms with Crippen molar-refractivity contribution in [2.75, 3.05) is 6.54 Å². The summed E-state index contributed by atoms with van der Waals surface area (Å²) < 4.78 is 30.0. The summed E-state index contributed by atoms with van der Waals surface area (Å²) in [6.07, 6.45) is 2.08. The molecule has 0 bridgehead atoms. The van der Waals surface area contributed by atoms with Crippen LogP contribution in [0.15, 0.2) is 60.8 Å². The third-order valence-corrected chi connectivity index (χ3v) is 4.77. The lowest BCUT2D eigenvalue weighted by Crippen LogP contribution is -2.28. The molecule has 0 saturated carbocycles. The van der Waals surface area contributed by atoms with E-state index in [4.69, 9.17) is 0 Å². The number of hydrogen-bond acceptors (Lipinski definition) is 1. The van der Waals surface area contributed by atoms with Crippen LogP contribution in [0.2, 0.25) is 0 Å². The van der Waals surface area contributed by atoms with Crippen LogP contribution in [-0.2, 0) is 19.6 Å². The molecule has 0 fully saturated rings. The first-order chi connectivity index (χ1) is 13.4. The van der Waals surface area contributed by atoms with E-state index >= 15 is 0 Å². The van der Waals surface area contributed by atoms with Gasteiger partial charge in [-0.25, -0.2) is 8.78 Å².